The van der Waals surface area contributed by atoms with Crippen molar-refractivity contribution < 1.29 is 9.13 Å². The van der Waals surface area contributed by atoms with E-state index in [1.165, 1.54) is 25.7 Å². The first-order valence-corrected chi connectivity index (χ1v) is 15.4. The van der Waals surface area contributed by atoms with Gasteiger partial charge in [-0.15, -0.1) is 0 Å². The Morgan fingerprint density at radius 2 is 1.70 bits per heavy atom. The molecule has 4 fully saturated rings. The van der Waals surface area contributed by atoms with Crippen LogP contribution in [0.2, 0.25) is 0 Å². The van der Waals surface area contributed by atoms with Crippen molar-refractivity contribution in [1.29, 1.82) is 0 Å². The van der Waals surface area contributed by atoms with Crippen LogP contribution >= 0.6 is 15.9 Å². The lowest BCUT2D eigenvalue weighted by atomic mass is 9.95. The number of aromatic nitrogens is 2. The highest BCUT2D eigenvalue weighted by atomic mass is 79.9. The lowest BCUT2D eigenvalue weighted by Gasteiger charge is -2.34. The third-order valence-electron chi connectivity index (χ3n) is 9.71. The fourth-order valence-electron chi connectivity index (χ4n) is 7.79. The molecule has 6 nitrogen and oxygen atoms in total. The molecular formula is C32H33BrFN5O. The average Bonchev–Trinajstić information content (AvgIpc) is 3.65. The zero-order chi connectivity index (χ0) is 26.8. The number of benzene rings is 3. The lowest BCUT2D eigenvalue weighted by molar-refractivity contribution is 0.108. The van der Waals surface area contributed by atoms with E-state index in [-0.39, 0.29) is 17.4 Å². The Labute approximate surface area is 242 Å². The van der Waals surface area contributed by atoms with Crippen molar-refractivity contribution in [2.45, 2.75) is 56.1 Å². The van der Waals surface area contributed by atoms with E-state index in [4.69, 9.17) is 14.7 Å². The molecule has 1 aromatic heterocycles. The van der Waals surface area contributed by atoms with E-state index < -0.39 is 0 Å². The minimum Gasteiger partial charge on any atom is -0.461 e. The molecule has 4 aliphatic rings. The molecule has 0 spiro atoms. The molecule has 8 rings (SSSR count). The van der Waals surface area contributed by atoms with Gasteiger partial charge in [0.05, 0.1) is 5.54 Å². The maximum absolute atomic E-state index is 16.7. The number of anilines is 1. The second-order valence-corrected chi connectivity index (χ2v) is 12.9. The predicted molar refractivity (Wildman–Crippen MR) is 161 cm³/mol. The molecule has 0 amide bonds. The average molecular weight is 603 g/mol. The Hall–Kier alpha value is -2.81. The molecule has 4 saturated heterocycles. The van der Waals surface area contributed by atoms with E-state index in [0.29, 0.717) is 29.8 Å². The molecule has 4 aliphatic heterocycles. The Kier molecular flexibility index (Phi) is 6.01. The van der Waals surface area contributed by atoms with Gasteiger partial charge in [-0.25, -0.2) is 4.39 Å². The monoisotopic (exact) mass is 601 g/mol. The summed E-state index contributed by atoms with van der Waals surface area (Å²) in [5.41, 5.74) is 1.79. The first-order chi connectivity index (χ1) is 19.6. The van der Waals surface area contributed by atoms with Crippen LogP contribution in [0.1, 0.15) is 38.5 Å². The maximum Gasteiger partial charge on any atom is 0.319 e. The predicted octanol–water partition coefficient (Wildman–Crippen LogP) is 6.30. The van der Waals surface area contributed by atoms with E-state index in [1.807, 2.05) is 36.4 Å². The summed E-state index contributed by atoms with van der Waals surface area (Å²) < 4.78 is 24.0. The second kappa shape index (κ2) is 9.64. The van der Waals surface area contributed by atoms with Gasteiger partial charge >= 0.3 is 6.01 Å². The zero-order valence-electron chi connectivity index (χ0n) is 22.5. The third kappa shape index (κ3) is 4.02. The molecule has 0 saturated carbocycles. The number of fused-ring (bicyclic) bond motifs is 5. The van der Waals surface area contributed by atoms with Gasteiger partial charge in [-0.2, -0.15) is 9.97 Å². The van der Waals surface area contributed by atoms with E-state index in [0.717, 1.165) is 71.0 Å². The quantitative estimate of drug-likeness (QED) is 0.290. The molecule has 5 heterocycles. The lowest BCUT2D eigenvalue weighted by Crippen LogP contribution is -2.51. The normalized spacial score (nSPS) is 23.8. The fourth-order valence-corrected chi connectivity index (χ4v) is 8.38. The van der Waals surface area contributed by atoms with E-state index in [9.17, 15) is 0 Å². The van der Waals surface area contributed by atoms with Crippen LogP contribution in [0.25, 0.3) is 32.8 Å². The van der Waals surface area contributed by atoms with Gasteiger partial charge in [0.1, 0.15) is 17.9 Å². The summed E-state index contributed by atoms with van der Waals surface area (Å²) in [6, 6.07) is 17.2. The number of hydrogen-bond donors (Lipinski definition) is 1. The molecule has 1 N–H and O–H groups in total. The first kappa shape index (κ1) is 24.9. The molecule has 0 aliphatic carbocycles. The van der Waals surface area contributed by atoms with Crippen molar-refractivity contribution in [2.24, 2.45) is 0 Å². The third-order valence-corrected chi connectivity index (χ3v) is 10.4. The fraction of sp³-hybridized carbons (Fsp3) is 0.438. The minimum atomic E-state index is -0.325. The molecule has 2 bridgehead atoms. The van der Waals surface area contributed by atoms with Crippen LogP contribution < -0.4 is 15.0 Å². The molecule has 3 aromatic carbocycles. The SMILES string of the molecule is Fc1c(-c2cccc3cccc(Br)c23)ccc2c(N3CC4CCC(C3)N4)nc(OCC34CCCN3CCC4)nc12. The van der Waals surface area contributed by atoms with Gasteiger partial charge in [-0.3, -0.25) is 4.90 Å². The second-order valence-electron chi connectivity index (χ2n) is 12.0. The molecule has 8 heteroatoms. The van der Waals surface area contributed by atoms with Crippen LogP contribution in [-0.2, 0) is 0 Å². The van der Waals surface area contributed by atoms with Gasteiger partial charge in [0.15, 0.2) is 5.82 Å². The number of piperazine rings is 1. The largest absolute Gasteiger partial charge is 0.461 e. The summed E-state index contributed by atoms with van der Waals surface area (Å²) in [5, 5.41) is 6.51. The molecule has 206 valence electrons. The van der Waals surface area contributed by atoms with Crippen molar-refractivity contribution in [1.82, 2.24) is 20.2 Å². The standard InChI is InChI=1S/C32H33BrFN5O/c33-26-8-2-6-20-5-1-7-23(27(20)26)24-11-12-25-29(28(24)34)36-31(40-19-32-13-3-15-39(32)16-4-14-32)37-30(25)38-17-21-9-10-22(18-38)35-21/h1-2,5-8,11-12,21-22,35H,3-4,9-10,13-19H2. The molecule has 0 radical (unpaired) electrons. The Bertz CT molecular complexity index is 1600. The molecule has 2 unspecified atom stereocenters. The van der Waals surface area contributed by atoms with Gasteiger partial charge in [0, 0.05) is 46.0 Å². The van der Waals surface area contributed by atoms with Gasteiger partial charge in [0.25, 0.3) is 0 Å². The highest BCUT2D eigenvalue weighted by molar-refractivity contribution is 9.10. The summed E-state index contributed by atoms with van der Waals surface area (Å²) in [6.45, 7) is 4.55. The van der Waals surface area contributed by atoms with Crippen LogP contribution in [-0.4, -0.2) is 65.3 Å². The van der Waals surface area contributed by atoms with Gasteiger partial charge in [-0.05, 0) is 74.7 Å². The maximum atomic E-state index is 16.7. The Balaban J connectivity index is 1.25. The molecular weight excluding hydrogens is 569 g/mol. The van der Waals surface area contributed by atoms with E-state index >= 15 is 4.39 Å². The van der Waals surface area contributed by atoms with Crippen molar-refractivity contribution in [3.8, 4) is 17.1 Å². The van der Waals surface area contributed by atoms with Crippen molar-refractivity contribution >= 4 is 43.4 Å². The first-order valence-electron chi connectivity index (χ1n) is 14.6. The van der Waals surface area contributed by atoms with Crippen LogP contribution in [0.4, 0.5) is 10.2 Å². The van der Waals surface area contributed by atoms with Crippen LogP contribution in [0.3, 0.4) is 0 Å². The van der Waals surface area contributed by atoms with Crippen molar-refractivity contribution in [2.75, 3.05) is 37.7 Å². The summed E-state index contributed by atoms with van der Waals surface area (Å²) >= 11 is 3.70. The molecule has 40 heavy (non-hydrogen) atoms. The number of hydrogen-bond acceptors (Lipinski definition) is 6. The summed E-state index contributed by atoms with van der Waals surface area (Å²) in [6.07, 6.45) is 7.03. The number of nitrogens with one attached hydrogen (secondary N) is 1. The minimum absolute atomic E-state index is 0.0717. The van der Waals surface area contributed by atoms with Crippen molar-refractivity contribution in [3.63, 3.8) is 0 Å². The van der Waals surface area contributed by atoms with E-state index in [1.54, 1.807) is 0 Å². The summed E-state index contributed by atoms with van der Waals surface area (Å²) in [5.74, 6) is 0.462. The number of ether oxygens (including phenoxy) is 1. The summed E-state index contributed by atoms with van der Waals surface area (Å²) in [4.78, 5) is 14.6. The smallest absolute Gasteiger partial charge is 0.319 e. The van der Waals surface area contributed by atoms with Crippen LogP contribution in [0.5, 0.6) is 6.01 Å². The number of rotatable bonds is 5. The van der Waals surface area contributed by atoms with E-state index in [2.05, 4.69) is 43.2 Å². The highest BCUT2D eigenvalue weighted by Gasteiger charge is 2.45. The molecule has 2 atom stereocenters. The van der Waals surface area contributed by atoms with Gasteiger partial charge in [0.2, 0.25) is 0 Å². The number of halogens is 2. The number of nitrogens with zero attached hydrogens (tertiary/aromatic N) is 4. The Morgan fingerprint density at radius 1 is 0.950 bits per heavy atom. The highest BCUT2D eigenvalue weighted by Crippen LogP contribution is 2.41. The van der Waals surface area contributed by atoms with Gasteiger partial charge in [-0.1, -0.05) is 52.3 Å². The topological polar surface area (TPSA) is 53.5 Å². The van der Waals surface area contributed by atoms with Crippen molar-refractivity contribution in [3.05, 3.63) is 58.8 Å². The van der Waals surface area contributed by atoms with Crippen LogP contribution in [0.15, 0.2) is 53.0 Å². The van der Waals surface area contributed by atoms with Gasteiger partial charge < -0.3 is 15.0 Å². The Morgan fingerprint density at radius 3 is 2.48 bits per heavy atom. The molecule has 4 aromatic rings. The summed E-state index contributed by atoms with van der Waals surface area (Å²) in [7, 11) is 0. The zero-order valence-corrected chi connectivity index (χ0v) is 24.1. The van der Waals surface area contributed by atoms with Crippen LogP contribution in [0, 0.1) is 5.82 Å².